The summed E-state index contributed by atoms with van der Waals surface area (Å²) in [5, 5.41) is 11.5. The zero-order valence-electron chi connectivity index (χ0n) is 13.0. The molecule has 0 radical (unpaired) electrons. The van der Waals surface area contributed by atoms with E-state index in [1.165, 1.54) is 14.0 Å². The van der Waals surface area contributed by atoms with E-state index in [4.69, 9.17) is 9.84 Å². The quantitative estimate of drug-likeness (QED) is 0.717. The number of Topliss-reactive ketones (excluding diaryl/α,β-unsaturated/α-hetero) is 1. The molecule has 0 aromatic heterocycles. The first kappa shape index (κ1) is 17.7. The molecule has 0 saturated carbocycles. The molecule has 1 unspecified atom stereocenters. The highest BCUT2D eigenvalue weighted by Crippen LogP contribution is 2.14. The number of nitrogens with one attached hydrogen (secondary N) is 1. The van der Waals surface area contributed by atoms with Crippen molar-refractivity contribution in [3.05, 3.63) is 29.8 Å². The van der Waals surface area contributed by atoms with Crippen molar-refractivity contribution in [3.63, 3.8) is 0 Å². The lowest BCUT2D eigenvalue weighted by Crippen LogP contribution is -2.51. The summed E-state index contributed by atoms with van der Waals surface area (Å²) in [7, 11) is 1.54. The van der Waals surface area contributed by atoms with Crippen molar-refractivity contribution in [2.75, 3.05) is 7.11 Å². The molecule has 6 heteroatoms. The van der Waals surface area contributed by atoms with Crippen molar-refractivity contribution in [2.45, 2.75) is 38.6 Å². The molecule has 22 heavy (non-hydrogen) atoms. The van der Waals surface area contributed by atoms with Crippen LogP contribution in [0.25, 0.3) is 0 Å². The zero-order chi connectivity index (χ0) is 16.8. The molecule has 0 saturated heterocycles. The molecule has 0 bridgehead atoms. The topological polar surface area (TPSA) is 92.7 Å². The van der Waals surface area contributed by atoms with Crippen molar-refractivity contribution >= 4 is 17.7 Å². The Morgan fingerprint density at radius 2 is 1.77 bits per heavy atom. The molecular weight excluding hydrogens is 286 g/mol. The molecule has 0 aliphatic heterocycles. The fraction of sp³-hybridized carbons (Fsp3) is 0.438. The van der Waals surface area contributed by atoms with E-state index in [1.54, 1.807) is 31.2 Å². The SMILES string of the molecule is CCC(C)(NC(=O)CCC(=O)c1ccc(OC)cc1)C(=O)O. The summed E-state index contributed by atoms with van der Waals surface area (Å²) in [4.78, 5) is 34.9. The number of amides is 1. The van der Waals surface area contributed by atoms with Crippen molar-refractivity contribution < 1.29 is 24.2 Å². The van der Waals surface area contributed by atoms with Gasteiger partial charge in [0.05, 0.1) is 7.11 Å². The lowest BCUT2D eigenvalue weighted by Gasteiger charge is -2.24. The highest BCUT2D eigenvalue weighted by atomic mass is 16.5. The molecule has 1 rings (SSSR count). The lowest BCUT2D eigenvalue weighted by atomic mass is 9.98. The van der Waals surface area contributed by atoms with Crippen LogP contribution in [0.15, 0.2) is 24.3 Å². The molecule has 0 spiro atoms. The fourth-order valence-electron chi connectivity index (χ4n) is 1.81. The zero-order valence-corrected chi connectivity index (χ0v) is 13.0. The molecule has 2 N–H and O–H groups in total. The Hall–Kier alpha value is -2.37. The van der Waals surface area contributed by atoms with Gasteiger partial charge in [-0.3, -0.25) is 9.59 Å². The lowest BCUT2D eigenvalue weighted by molar-refractivity contribution is -0.147. The third-order valence-electron chi connectivity index (χ3n) is 3.59. The molecule has 1 aromatic carbocycles. The minimum atomic E-state index is -1.31. The number of aliphatic carboxylic acids is 1. The smallest absolute Gasteiger partial charge is 0.329 e. The maximum Gasteiger partial charge on any atom is 0.329 e. The maximum atomic E-state index is 12.0. The van der Waals surface area contributed by atoms with Gasteiger partial charge in [0.1, 0.15) is 11.3 Å². The minimum Gasteiger partial charge on any atom is -0.497 e. The van der Waals surface area contributed by atoms with Gasteiger partial charge in [-0.05, 0) is 37.6 Å². The molecule has 120 valence electrons. The Bertz CT molecular complexity index is 552. The van der Waals surface area contributed by atoms with Crippen LogP contribution in [0.5, 0.6) is 5.75 Å². The highest BCUT2D eigenvalue weighted by Gasteiger charge is 2.32. The Morgan fingerprint density at radius 1 is 1.18 bits per heavy atom. The summed E-state index contributed by atoms with van der Waals surface area (Å²) in [6, 6.07) is 6.61. The number of carbonyl (C=O) groups is 3. The van der Waals surface area contributed by atoms with Gasteiger partial charge in [-0.15, -0.1) is 0 Å². The van der Waals surface area contributed by atoms with Crippen LogP contribution in [-0.4, -0.2) is 35.4 Å². The number of methoxy groups -OCH3 is 1. The summed E-state index contributed by atoms with van der Waals surface area (Å²) in [6.07, 6.45) is 0.242. The van der Waals surface area contributed by atoms with E-state index in [0.29, 0.717) is 11.3 Å². The van der Waals surface area contributed by atoms with Gasteiger partial charge in [-0.1, -0.05) is 6.92 Å². The number of carbonyl (C=O) groups excluding carboxylic acids is 2. The number of benzene rings is 1. The van der Waals surface area contributed by atoms with Gasteiger partial charge in [0.2, 0.25) is 5.91 Å². The molecular formula is C16H21NO5. The number of hydrogen-bond acceptors (Lipinski definition) is 4. The van der Waals surface area contributed by atoms with E-state index in [2.05, 4.69) is 5.32 Å². The van der Waals surface area contributed by atoms with E-state index < -0.39 is 17.4 Å². The van der Waals surface area contributed by atoms with Crippen LogP contribution in [0, 0.1) is 0 Å². The van der Waals surface area contributed by atoms with E-state index in [-0.39, 0.29) is 25.0 Å². The van der Waals surface area contributed by atoms with Crippen LogP contribution in [-0.2, 0) is 9.59 Å². The third-order valence-corrected chi connectivity index (χ3v) is 3.59. The normalized spacial score (nSPS) is 13.0. The second kappa shape index (κ2) is 7.59. The Labute approximate surface area is 129 Å². The van der Waals surface area contributed by atoms with E-state index >= 15 is 0 Å². The van der Waals surface area contributed by atoms with Gasteiger partial charge < -0.3 is 15.2 Å². The number of rotatable bonds is 8. The molecule has 0 aliphatic carbocycles. The van der Waals surface area contributed by atoms with Gasteiger partial charge in [0.15, 0.2) is 5.78 Å². The standard InChI is InChI=1S/C16H21NO5/c1-4-16(2,15(20)21)17-14(19)10-9-13(18)11-5-7-12(22-3)8-6-11/h5-8H,4,9-10H2,1-3H3,(H,17,19)(H,20,21). The second-order valence-corrected chi connectivity index (χ2v) is 5.19. The van der Waals surface area contributed by atoms with Crippen LogP contribution in [0.3, 0.4) is 0 Å². The summed E-state index contributed by atoms with van der Waals surface area (Å²) in [5.74, 6) is -1.07. The number of carboxylic acid groups (broad SMARTS) is 1. The van der Waals surface area contributed by atoms with Gasteiger partial charge in [-0.25, -0.2) is 4.79 Å². The molecule has 0 aliphatic rings. The summed E-state index contributed by atoms with van der Waals surface area (Å²) in [6.45, 7) is 3.12. The molecule has 6 nitrogen and oxygen atoms in total. The Morgan fingerprint density at radius 3 is 2.23 bits per heavy atom. The first-order chi connectivity index (χ1) is 10.3. The van der Waals surface area contributed by atoms with Gasteiger partial charge >= 0.3 is 5.97 Å². The summed E-state index contributed by atoms with van der Waals surface area (Å²) < 4.78 is 5.01. The monoisotopic (exact) mass is 307 g/mol. The third kappa shape index (κ3) is 4.58. The van der Waals surface area contributed by atoms with Crippen LogP contribution in [0.1, 0.15) is 43.5 Å². The van der Waals surface area contributed by atoms with Crippen LogP contribution in [0.4, 0.5) is 0 Å². The molecule has 0 heterocycles. The van der Waals surface area contributed by atoms with E-state index in [9.17, 15) is 14.4 Å². The number of ether oxygens (including phenoxy) is 1. The van der Waals surface area contributed by atoms with Crippen LogP contribution >= 0.6 is 0 Å². The van der Waals surface area contributed by atoms with Gasteiger partial charge in [0.25, 0.3) is 0 Å². The van der Waals surface area contributed by atoms with Gasteiger partial charge in [0, 0.05) is 18.4 Å². The van der Waals surface area contributed by atoms with Crippen LogP contribution in [0.2, 0.25) is 0 Å². The van der Waals surface area contributed by atoms with E-state index in [0.717, 1.165) is 0 Å². The first-order valence-corrected chi connectivity index (χ1v) is 7.04. The Kier molecular flexibility index (Phi) is 6.10. The molecule has 0 fully saturated rings. The average molecular weight is 307 g/mol. The highest BCUT2D eigenvalue weighted by molar-refractivity contribution is 5.98. The first-order valence-electron chi connectivity index (χ1n) is 7.04. The number of carboxylic acids is 1. The van der Waals surface area contributed by atoms with Gasteiger partial charge in [-0.2, -0.15) is 0 Å². The van der Waals surface area contributed by atoms with Crippen molar-refractivity contribution in [1.82, 2.24) is 5.32 Å². The summed E-state index contributed by atoms with van der Waals surface area (Å²) >= 11 is 0. The van der Waals surface area contributed by atoms with E-state index in [1.807, 2.05) is 0 Å². The summed E-state index contributed by atoms with van der Waals surface area (Å²) in [5.41, 5.74) is -0.814. The molecule has 1 amide bonds. The Balaban J connectivity index is 2.56. The second-order valence-electron chi connectivity index (χ2n) is 5.19. The predicted octanol–water partition coefficient (Wildman–Crippen LogP) is 2.03. The minimum absolute atomic E-state index is 0.0254. The predicted molar refractivity (Wildman–Crippen MR) is 81.0 cm³/mol. The maximum absolute atomic E-state index is 12.0. The number of hydrogen-bond donors (Lipinski definition) is 2. The van der Waals surface area contributed by atoms with Crippen molar-refractivity contribution in [2.24, 2.45) is 0 Å². The fourth-order valence-corrected chi connectivity index (χ4v) is 1.81. The average Bonchev–Trinajstić information content (AvgIpc) is 2.52. The molecule has 1 aromatic rings. The molecule has 1 atom stereocenters. The largest absolute Gasteiger partial charge is 0.497 e. The van der Waals surface area contributed by atoms with Crippen LogP contribution < -0.4 is 10.1 Å². The van der Waals surface area contributed by atoms with Crippen molar-refractivity contribution in [3.8, 4) is 5.75 Å². The van der Waals surface area contributed by atoms with Crippen molar-refractivity contribution in [1.29, 1.82) is 0 Å². The number of ketones is 1.